The number of rotatable bonds is 8. The number of nitrogens with zero attached hydrogens (tertiary/aromatic N) is 2. The lowest BCUT2D eigenvalue weighted by Crippen LogP contribution is -2.28. The highest BCUT2D eigenvalue weighted by molar-refractivity contribution is 5.96. The summed E-state index contributed by atoms with van der Waals surface area (Å²) in [6.07, 6.45) is 4.33. The van der Waals surface area contributed by atoms with Gasteiger partial charge in [0.05, 0.1) is 6.61 Å². The Morgan fingerprint density at radius 3 is 2.52 bits per heavy atom. The maximum absolute atomic E-state index is 12.3. The predicted molar refractivity (Wildman–Crippen MR) is 96.3 cm³/mol. The van der Waals surface area contributed by atoms with Gasteiger partial charge in [-0.2, -0.15) is 5.10 Å². The summed E-state index contributed by atoms with van der Waals surface area (Å²) in [7, 11) is 0. The second kappa shape index (κ2) is 8.79. The van der Waals surface area contributed by atoms with Gasteiger partial charge in [-0.25, -0.2) is 0 Å². The Morgan fingerprint density at radius 1 is 1.24 bits per heavy atom. The summed E-state index contributed by atoms with van der Waals surface area (Å²) in [4.78, 5) is 24.3. The monoisotopic (exact) mass is 342 g/mol. The van der Waals surface area contributed by atoms with Crippen molar-refractivity contribution >= 4 is 23.2 Å². The van der Waals surface area contributed by atoms with Crippen LogP contribution in [0.15, 0.2) is 55.4 Å². The molecular weight excluding hydrogens is 320 g/mol. The van der Waals surface area contributed by atoms with Gasteiger partial charge in [-0.15, -0.1) is 6.58 Å². The lowest BCUT2D eigenvalue weighted by Gasteiger charge is -2.15. The minimum Gasteiger partial charge on any atom is -0.365 e. The third kappa shape index (κ3) is 5.29. The molecule has 25 heavy (non-hydrogen) atoms. The molecule has 0 unspecified atom stereocenters. The second-order valence-electron chi connectivity index (χ2n) is 5.49. The van der Waals surface area contributed by atoms with Crippen LogP contribution in [-0.2, 0) is 14.3 Å². The van der Waals surface area contributed by atoms with Gasteiger partial charge >= 0.3 is 0 Å². The molecule has 2 atom stereocenters. The van der Waals surface area contributed by atoms with Crippen molar-refractivity contribution in [3.05, 3.63) is 55.4 Å². The molecule has 0 aliphatic rings. The third-order valence-corrected chi connectivity index (χ3v) is 3.53. The van der Waals surface area contributed by atoms with E-state index in [9.17, 15) is 9.59 Å². The summed E-state index contributed by atoms with van der Waals surface area (Å²) in [5.41, 5.74) is 1.16. The Labute approximate surface area is 146 Å². The van der Waals surface area contributed by atoms with E-state index >= 15 is 0 Å². The van der Waals surface area contributed by atoms with Gasteiger partial charge in [0.1, 0.15) is 12.1 Å². The Morgan fingerprint density at radius 2 is 1.92 bits per heavy atom. The first kappa shape index (κ1) is 18.4. The minimum atomic E-state index is -0.601. The lowest BCUT2D eigenvalue weighted by molar-refractivity contribution is -0.125. The van der Waals surface area contributed by atoms with Crippen molar-refractivity contribution < 1.29 is 14.3 Å². The highest BCUT2D eigenvalue weighted by Crippen LogP contribution is 2.17. The van der Waals surface area contributed by atoms with Crippen molar-refractivity contribution in [3.8, 4) is 0 Å². The molecule has 1 aromatic heterocycles. The van der Waals surface area contributed by atoms with Crippen molar-refractivity contribution in [2.45, 2.75) is 26.0 Å². The fraction of sp³-hybridized carbons (Fsp3) is 0.278. The number of hydrogen-bond acceptors (Lipinski definition) is 4. The summed E-state index contributed by atoms with van der Waals surface area (Å²) < 4.78 is 6.85. The lowest BCUT2D eigenvalue weighted by atomic mass is 10.2. The number of nitrogens with one attached hydrogen (secondary N) is 2. The smallest absolute Gasteiger partial charge is 0.253 e. The van der Waals surface area contributed by atoms with Crippen LogP contribution < -0.4 is 10.6 Å². The largest absolute Gasteiger partial charge is 0.365 e. The molecule has 2 amide bonds. The summed E-state index contributed by atoms with van der Waals surface area (Å²) in [6, 6.07) is 8.24. The normalized spacial score (nSPS) is 12.9. The molecule has 2 aromatic rings. The number of carbonyl (C=O) groups is 2. The number of anilines is 2. The average Bonchev–Trinajstić information content (AvgIpc) is 3.13. The zero-order valence-electron chi connectivity index (χ0n) is 14.3. The first-order valence-corrected chi connectivity index (χ1v) is 7.94. The number of benzene rings is 1. The molecule has 1 heterocycles. The predicted octanol–water partition coefficient (Wildman–Crippen LogP) is 2.61. The van der Waals surface area contributed by atoms with E-state index in [1.54, 1.807) is 67.3 Å². The maximum atomic E-state index is 12.3. The first-order valence-electron chi connectivity index (χ1n) is 7.94. The zero-order chi connectivity index (χ0) is 18.2. The number of hydrogen-bond donors (Lipinski definition) is 2. The van der Waals surface area contributed by atoms with Crippen LogP contribution in [0.1, 0.15) is 19.9 Å². The van der Waals surface area contributed by atoms with Crippen molar-refractivity contribution in [1.29, 1.82) is 0 Å². The van der Waals surface area contributed by atoms with Gasteiger partial charge in [0, 0.05) is 23.8 Å². The van der Waals surface area contributed by atoms with Crippen LogP contribution in [0.5, 0.6) is 0 Å². The van der Waals surface area contributed by atoms with Crippen molar-refractivity contribution in [2.75, 3.05) is 17.2 Å². The van der Waals surface area contributed by atoms with Gasteiger partial charge in [-0.05, 0) is 38.1 Å². The molecule has 132 valence electrons. The van der Waals surface area contributed by atoms with E-state index in [0.717, 1.165) is 0 Å². The number of amides is 2. The van der Waals surface area contributed by atoms with Crippen LogP contribution in [-0.4, -0.2) is 34.3 Å². The molecule has 7 nitrogen and oxygen atoms in total. The van der Waals surface area contributed by atoms with E-state index in [-0.39, 0.29) is 11.8 Å². The molecule has 2 N–H and O–H groups in total. The highest BCUT2D eigenvalue weighted by atomic mass is 16.5. The molecule has 0 radical (unpaired) electrons. The van der Waals surface area contributed by atoms with Crippen molar-refractivity contribution in [1.82, 2.24) is 9.78 Å². The summed E-state index contributed by atoms with van der Waals surface area (Å²) in [5, 5.41) is 9.62. The van der Waals surface area contributed by atoms with Crippen molar-refractivity contribution in [2.24, 2.45) is 0 Å². The topological polar surface area (TPSA) is 85.3 Å². The van der Waals surface area contributed by atoms with Crippen molar-refractivity contribution in [3.63, 3.8) is 0 Å². The maximum Gasteiger partial charge on any atom is 0.253 e. The molecule has 0 fully saturated rings. The van der Waals surface area contributed by atoms with Crippen LogP contribution in [0.25, 0.3) is 0 Å². The van der Waals surface area contributed by atoms with Gasteiger partial charge < -0.3 is 15.4 Å². The van der Waals surface area contributed by atoms with Crippen LogP contribution in [0, 0.1) is 0 Å². The van der Waals surface area contributed by atoms with Gasteiger partial charge in [0.25, 0.3) is 5.91 Å². The van der Waals surface area contributed by atoms with Crippen LogP contribution in [0.4, 0.5) is 11.4 Å². The number of carbonyl (C=O) groups excluding carboxylic acids is 2. The summed E-state index contributed by atoms with van der Waals surface area (Å²) in [6.45, 7) is 7.27. The second-order valence-corrected chi connectivity index (χ2v) is 5.49. The van der Waals surface area contributed by atoms with Gasteiger partial charge in [-0.1, -0.05) is 12.1 Å². The van der Waals surface area contributed by atoms with Crippen LogP contribution in [0.3, 0.4) is 0 Å². The number of ether oxygens (including phenoxy) is 1. The SMILES string of the molecule is C=CCO[C@@H](C)C(=O)Nc1cccc(NC(=O)[C@@H](C)n2cccn2)c1. The third-order valence-electron chi connectivity index (χ3n) is 3.53. The average molecular weight is 342 g/mol. The Hall–Kier alpha value is -2.93. The fourth-order valence-electron chi connectivity index (χ4n) is 2.08. The van der Waals surface area contributed by atoms with Gasteiger partial charge in [0.15, 0.2) is 0 Å². The van der Waals surface area contributed by atoms with Gasteiger partial charge in [-0.3, -0.25) is 14.3 Å². The molecular formula is C18H22N4O3. The highest BCUT2D eigenvalue weighted by Gasteiger charge is 2.16. The molecule has 1 aromatic carbocycles. The molecule has 0 saturated carbocycles. The quantitative estimate of drug-likeness (QED) is 0.722. The number of aromatic nitrogens is 2. The Balaban J connectivity index is 1.97. The summed E-state index contributed by atoms with van der Waals surface area (Å²) >= 11 is 0. The molecule has 0 aliphatic carbocycles. The van der Waals surface area contributed by atoms with E-state index < -0.39 is 12.1 Å². The standard InChI is InChI=1S/C18H22N4O3/c1-4-11-25-14(3)18(24)21-16-8-5-7-15(12-16)20-17(23)13(2)22-10-6-9-19-22/h4-10,12-14H,1,11H2,2-3H3,(H,20,23)(H,21,24)/t13-,14+/m1/s1. The van der Waals surface area contributed by atoms with Crippen LogP contribution in [0.2, 0.25) is 0 Å². The molecule has 0 spiro atoms. The van der Waals surface area contributed by atoms with Crippen LogP contribution >= 0.6 is 0 Å². The molecule has 0 bridgehead atoms. The molecule has 0 saturated heterocycles. The fourth-order valence-corrected chi connectivity index (χ4v) is 2.08. The molecule has 2 rings (SSSR count). The molecule has 7 heteroatoms. The van der Waals surface area contributed by atoms with E-state index in [2.05, 4.69) is 22.3 Å². The minimum absolute atomic E-state index is 0.199. The van der Waals surface area contributed by atoms with E-state index in [4.69, 9.17) is 4.74 Å². The summed E-state index contributed by atoms with van der Waals surface area (Å²) in [5.74, 6) is -0.468. The van der Waals surface area contributed by atoms with E-state index in [1.165, 1.54) is 0 Å². The van der Waals surface area contributed by atoms with Gasteiger partial charge in [0.2, 0.25) is 5.91 Å². The van der Waals surface area contributed by atoms with E-state index in [0.29, 0.717) is 18.0 Å². The first-order chi connectivity index (χ1) is 12.0. The zero-order valence-corrected chi connectivity index (χ0v) is 14.3. The van der Waals surface area contributed by atoms with E-state index in [1.807, 2.05) is 0 Å². The Bertz CT molecular complexity index is 728. The molecule has 0 aliphatic heterocycles. The Kier molecular flexibility index (Phi) is 6.47.